The van der Waals surface area contributed by atoms with Crippen LogP contribution < -0.4 is 4.99 Å². The second-order valence-corrected chi connectivity index (χ2v) is 6.58. The van der Waals surface area contributed by atoms with Crippen LogP contribution in [0, 0.1) is 0 Å². The lowest BCUT2D eigenvalue weighted by Crippen LogP contribution is -2.70. The SMILES string of the molecule is C/C=C\C=C(/CC)C1(c2ccccc2)C[NH+]=C(S)S1. The lowest BCUT2D eigenvalue weighted by Gasteiger charge is -2.27. The van der Waals surface area contributed by atoms with Crippen molar-refractivity contribution in [3.63, 3.8) is 0 Å². The van der Waals surface area contributed by atoms with Crippen LogP contribution in [0.4, 0.5) is 0 Å². The van der Waals surface area contributed by atoms with Crippen LogP contribution >= 0.6 is 24.4 Å². The molecule has 19 heavy (non-hydrogen) atoms. The third kappa shape index (κ3) is 2.98. The Bertz CT molecular complexity index is 517. The molecule has 1 N–H and O–H groups in total. The van der Waals surface area contributed by atoms with Gasteiger partial charge < -0.3 is 0 Å². The van der Waals surface area contributed by atoms with Crippen molar-refractivity contribution < 1.29 is 4.99 Å². The minimum Gasteiger partial charge on any atom is -0.229 e. The van der Waals surface area contributed by atoms with E-state index in [1.807, 2.05) is 11.8 Å². The molecule has 1 nitrogen and oxygen atoms in total. The van der Waals surface area contributed by atoms with Crippen molar-refractivity contribution in [2.24, 2.45) is 0 Å². The Hall–Kier alpha value is -0.930. The third-order valence-electron chi connectivity index (χ3n) is 3.39. The van der Waals surface area contributed by atoms with Crippen molar-refractivity contribution >= 4 is 28.8 Å². The van der Waals surface area contributed by atoms with Crippen LogP contribution in [0.15, 0.2) is 54.1 Å². The van der Waals surface area contributed by atoms with Gasteiger partial charge in [0.15, 0.2) is 6.54 Å². The van der Waals surface area contributed by atoms with E-state index in [0.29, 0.717) is 0 Å². The van der Waals surface area contributed by atoms with E-state index >= 15 is 0 Å². The van der Waals surface area contributed by atoms with Gasteiger partial charge in [0.05, 0.1) is 0 Å². The monoisotopic (exact) mass is 290 g/mol. The van der Waals surface area contributed by atoms with Crippen LogP contribution in [0.5, 0.6) is 0 Å². The zero-order chi connectivity index (χ0) is 13.7. The highest BCUT2D eigenvalue weighted by Gasteiger charge is 2.45. The van der Waals surface area contributed by atoms with Gasteiger partial charge in [0.1, 0.15) is 4.75 Å². The summed E-state index contributed by atoms with van der Waals surface area (Å²) in [4.78, 5) is 3.38. The Morgan fingerprint density at radius 2 is 2.16 bits per heavy atom. The first-order valence-corrected chi connectivity index (χ1v) is 7.86. The van der Waals surface area contributed by atoms with Gasteiger partial charge in [0.25, 0.3) is 4.38 Å². The lowest BCUT2D eigenvalue weighted by molar-refractivity contribution is -0.451. The molecule has 100 valence electrons. The Kier molecular flexibility index (Phi) is 4.94. The molecule has 0 saturated heterocycles. The first-order chi connectivity index (χ1) is 9.23. The minimum absolute atomic E-state index is 0.0212. The minimum atomic E-state index is -0.0212. The van der Waals surface area contributed by atoms with Crippen molar-refractivity contribution in [2.75, 3.05) is 6.54 Å². The van der Waals surface area contributed by atoms with Crippen LogP contribution in [0.25, 0.3) is 0 Å². The zero-order valence-corrected chi connectivity index (χ0v) is 13.1. The topological polar surface area (TPSA) is 14.0 Å². The summed E-state index contributed by atoms with van der Waals surface area (Å²) in [6.07, 6.45) is 7.48. The molecular weight excluding hydrogens is 270 g/mol. The molecule has 1 aliphatic heterocycles. The number of rotatable bonds is 4. The van der Waals surface area contributed by atoms with Crippen molar-refractivity contribution in [1.82, 2.24) is 0 Å². The normalized spacial score (nSPS) is 23.9. The molecule has 0 saturated carbocycles. The fourth-order valence-corrected chi connectivity index (χ4v) is 4.18. The number of hydrogen-bond acceptors (Lipinski definition) is 1. The van der Waals surface area contributed by atoms with Gasteiger partial charge in [0, 0.05) is 0 Å². The fourth-order valence-electron chi connectivity index (χ4n) is 2.42. The van der Waals surface area contributed by atoms with Gasteiger partial charge in [-0.25, -0.2) is 4.99 Å². The third-order valence-corrected chi connectivity index (χ3v) is 5.15. The summed E-state index contributed by atoms with van der Waals surface area (Å²) in [5, 5.41) is 0. The van der Waals surface area contributed by atoms with Gasteiger partial charge in [-0.15, -0.1) is 0 Å². The Balaban J connectivity index is 2.47. The summed E-state index contributed by atoms with van der Waals surface area (Å²) in [5.74, 6) is 0. The second kappa shape index (κ2) is 6.49. The molecule has 0 amide bonds. The van der Waals surface area contributed by atoms with Crippen molar-refractivity contribution in [3.8, 4) is 0 Å². The average Bonchev–Trinajstić information content (AvgIpc) is 2.84. The first kappa shape index (κ1) is 14.5. The van der Waals surface area contributed by atoms with Crippen LogP contribution in [0.3, 0.4) is 0 Å². The van der Waals surface area contributed by atoms with Crippen LogP contribution in [0.1, 0.15) is 25.8 Å². The Labute approximate surface area is 125 Å². The van der Waals surface area contributed by atoms with Crippen LogP contribution in [-0.4, -0.2) is 10.9 Å². The molecule has 1 aromatic rings. The number of allylic oxidation sites excluding steroid dienone is 3. The predicted molar refractivity (Wildman–Crippen MR) is 88.7 cm³/mol. The summed E-state index contributed by atoms with van der Waals surface area (Å²) in [5.41, 5.74) is 2.77. The first-order valence-electron chi connectivity index (χ1n) is 6.59. The number of thioether (sulfide) groups is 1. The molecule has 1 unspecified atom stereocenters. The molecular formula is C16H20NS2+. The highest BCUT2D eigenvalue weighted by atomic mass is 32.2. The highest BCUT2D eigenvalue weighted by Crippen LogP contribution is 2.45. The number of nitrogens with one attached hydrogen (secondary N) is 1. The van der Waals surface area contributed by atoms with E-state index in [1.165, 1.54) is 11.1 Å². The largest absolute Gasteiger partial charge is 0.266 e. The number of benzene rings is 1. The summed E-state index contributed by atoms with van der Waals surface area (Å²) >= 11 is 6.32. The Morgan fingerprint density at radius 1 is 1.42 bits per heavy atom. The quantitative estimate of drug-likeness (QED) is 0.643. The van der Waals surface area contributed by atoms with E-state index < -0.39 is 0 Å². The van der Waals surface area contributed by atoms with E-state index in [0.717, 1.165) is 17.3 Å². The van der Waals surface area contributed by atoms with E-state index in [-0.39, 0.29) is 4.75 Å². The molecule has 0 fully saturated rings. The molecule has 1 aliphatic rings. The maximum Gasteiger partial charge on any atom is 0.266 e. The summed E-state index contributed by atoms with van der Waals surface area (Å²) in [6.45, 7) is 5.17. The lowest BCUT2D eigenvalue weighted by atomic mass is 9.88. The molecule has 3 heteroatoms. The van der Waals surface area contributed by atoms with Crippen molar-refractivity contribution in [2.45, 2.75) is 25.0 Å². The van der Waals surface area contributed by atoms with Gasteiger partial charge >= 0.3 is 0 Å². The molecule has 0 bridgehead atoms. The van der Waals surface area contributed by atoms with E-state index in [9.17, 15) is 0 Å². The number of hydrogen-bond donors (Lipinski definition) is 2. The maximum atomic E-state index is 4.50. The van der Waals surface area contributed by atoms with E-state index in [4.69, 9.17) is 0 Å². The van der Waals surface area contributed by atoms with E-state index in [1.54, 1.807) is 0 Å². The summed E-state index contributed by atoms with van der Waals surface area (Å²) < 4.78 is 0.982. The van der Waals surface area contributed by atoms with Crippen LogP contribution in [-0.2, 0) is 4.75 Å². The van der Waals surface area contributed by atoms with Gasteiger partial charge in [-0.2, -0.15) is 0 Å². The van der Waals surface area contributed by atoms with Gasteiger partial charge in [-0.3, -0.25) is 0 Å². The van der Waals surface area contributed by atoms with E-state index in [2.05, 4.69) is 80.0 Å². The van der Waals surface area contributed by atoms with Crippen LogP contribution in [0.2, 0.25) is 0 Å². The molecule has 0 aliphatic carbocycles. The van der Waals surface area contributed by atoms with Gasteiger partial charge in [-0.05, 0) is 36.2 Å². The highest BCUT2D eigenvalue weighted by molar-refractivity contribution is 8.32. The fraction of sp³-hybridized carbons (Fsp3) is 0.312. The summed E-state index contributed by atoms with van der Waals surface area (Å²) in [6, 6.07) is 10.7. The molecule has 1 heterocycles. The predicted octanol–water partition coefficient (Wildman–Crippen LogP) is 2.91. The number of thiol groups is 1. The smallest absolute Gasteiger partial charge is 0.229 e. The molecule has 2 rings (SSSR count). The molecule has 0 spiro atoms. The summed E-state index contributed by atoms with van der Waals surface area (Å²) in [7, 11) is 0. The standard InChI is InChI=1S/C16H19NS2/c1-3-5-9-13(4-2)16(12-17-15(18)19-16)14-10-7-6-8-11-14/h3,5-11H,4,12H2,1-2H3,(H,17,18)/p+1/b5-3-,13-9+. The maximum absolute atomic E-state index is 4.50. The Morgan fingerprint density at radius 3 is 2.68 bits per heavy atom. The zero-order valence-electron chi connectivity index (χ0n) is 11.4. The molecule has 0 radical (unpaired) electrons. The second-order valence-electron chi connectivity index (χ2n) is 4.53. The molecule has 0 aromatic heterocycles. The van der Waals surface area contributed by atoms with Crippen molar-refractivity contribution in [3.05, 3.63) is 59.7 Å². The van der Waals surface area contributed by atoms with Gasteiger partial charge in [-0.1, -0.05) is 68.1 Å². The molecule has 1 aromatic carbocycles. The van der Waals surface area contributed by atoms with Gasteiger partial charge in [0.2, 0.25) is 0 Å². The van der Waals surface area contributed by atoms with Crippen molar-refractivity contribution in [1.29, 1.82) is 0 Å². The average molecular weight is 290 g/mol. The molecule has 1 atom stereocenters.